The van der Waals surface area contributed by atoms with Crippen LogP contribution in [0.3, 0.4) is 0 Å². The van der Waals surface area contributed by atoms with Gasteiger partial charge in [-0.3, -0.25) is 9.91 Å². The fourth-order valence-electron chi connectivity index (χ4n) is 3.87. The number of aromatic nitrogens is 2. The maximum atomic E-state index is 13.3. The van der Waals surface area contributed by atoms with Crippen LogP contribution in [0.5, 0.6) is 0 Å². The Morgan fingerprint density at radius 2 is 1.65 bits per heavy atom. The third kappa shape index (κ3) is 6.89. The number of hydrogen-bond donors (Lipinski definition) is 2. The number of hydrazine groups is 1. The van der Waals surface area contributed by atoms with Crippen molar-refractivity contribution in [3.05, 3.63) is 84.4 Å². The molecule has 1 saturated heterocycles. The van der Waals surface area contributed by atoms with Crippen LogP contribution < -0.4 is 20.7 Å². The summed E-state index contributed by atoms with van der Waals surface area (Å²) >= 11 is 0. The van der Waals surface area contributed by atoms with Gasteiger partial charge in [-0.25, -0.2) is 24.6 Å². The summed E-state index contributed by atoms with van der Waals surface area (Å²) in [5, 5.41) is 4.70. The fourth-order valence-corrected chi connectivity index (χ4v) is 3.87. The second kappa shape index (κ2) is 11.9. The summed E-state index contributed by atoms with van der Waals surface area (Å²) in [6.45, 7) is 5.61. The number of piperazine rings is 1. The Morgan fingerprint density at radius 3 is 2.35 bits per heavy atom. The lowest BCUT2D eigenvalue weighted by Gasteiger charge is -2.34. The standard InChI is InChI=1S/C25H30FN7O/c26-22-10-8-21(9-11-22)20-33(23-6-2-1-3-7-23)30-25(34)29-14-5-15-31-16-18-32(19-17-31)24-27-12-4-13-28-24/h1-4,6-13H,5,14-20H2,(H2,29,30,34). The van der Waals surface area contributed by atoms with Crippen molar-refractivity contribution in [2.75, 3.05) is 49.2 Å². The molecule has 2 N–H and O–H groups in total. The summed E-state index contributed by atoms with van der Waals surface area (Å²) in [5.41, 5.74) is 4.66. The Labute approximate surface area is 199 Å². The highest BCUT2D eigenvalue weighted by atomic mass is 19.1. The molecule has 8 nitrogen and oxygen atoms in total. The van der Waals surface area contributed by atoms with Crippen molar-refractivity contribution in [2.45, 2.75) is 13.0 Å². The summed E-state index contributed by atoms with van der Waals surface area (Å²) in [6, 6.07) is 17.4. The van der Waals surface area contributed by atoms with Gasteiger partial charge >= 0.3 is 6.03 Å². The number of nitrogens with zero attached hydrogens (tertiary/aromatic N) is 5. The molecule has 0 unspecified atom stereocenters. The van der Waals surface area contributed by atoms with Crippen LogP contribution in [0.4, 0.5) is 20.8 Å². The minimum Gasteiger partial charge on any atom is -0.338 e. The number of nitrogens with one attached hydrogen (secondary N) is 2. The highest BCUT2D eigenvalue weighted by molar-refractivity contribution is 5.76. The molecule has 0 spiro atoms. The van der Waals surface area contributed by atoms with Gasteiger partial charge < -0.3 is 10.2 Å². The van der Waals surface area contributed by atoms with Gasteiger partial charge in [0, 0.05) is 45.1 Å². The van der Waals surface area contributed by atoms with Gasteiger partial charge in [-0.1, -0.05) is 30.3 Å². The van der Waals surface area contributed by atoms with Gasteiger partial charge in [0.25, 0.3) is 0 Å². The monoisotopic (exact) mass is 463 g/mol. The summed E-state index contributed by atoms with van der Waals surface area (Å²) in [5.74, 6) is 0.500. The molecule has 1 fully saturated rings. The van der Waals surface area contributed by atoms with Crippen molar-refractivity contribution in [3.8, 4) is 0 Å². The van der Waals surface area contributed by atoms with Crippen LogP contribution in [0.15, 0.2) is 73.1 Å². The molecule has 1 aliphatic heterocycles. The first-order valence-corrected chi connectivity index (χ1v) is 11.5. The molecule has 2 heterocycles. The first-order valence-electron chi connectivity index (χ1n) is 11.5. The SMILES string of the molecule is O=C(NCCCN1CCN(c2ncccn2)CC1)NN(Cc1ccc(F)cc1)c1ccccc1. The van der Waals surface area contributed by atoms with Gasteiger partial charge in [-0.2, -0.15) is 0 Å². The zero-order valence-electron chi connectivity index (χ0n) is 19.1. The zero-order chi connectivity index (χ0) is 23.6. The molecular formula is C25H30FN7O. The predicted octanol–water partition coefficient (Wildman–Crippen LogP) is 3.05. The largest absolute Gasteiger partial charge is 0.338 e. The molecule has 1 aliphatic rings. The topological polar surface area (TPSA) is 76.6 Å². The van der Waals surface area contributed by atoms with Gasteiger partial charge in [-0.05, 0) is 48.9 Å². The Hall–Kier alpha value is -3.72. The van der Waals surface area contributed by atoms with Crippen molar-refractivity contribution in [2.24, 2.45) is 0 Å². The third-order valence-corrected chi connectivity index (χ3v) is 5.70. The fraction of sp³-hybridized carbons (Fsp3) is 0.320. The molecular weight excluding hydrogens is 433 g/mol. The van der Waals surface area contributed by atoms with E-state index in [1.165, 1.54) is 12.1 Å². The van der Waals surface area contributed by atoms with Crippen LogP contribution in [0.2, 0.25) is 0 Å². The first-order chi connectivity index (χ1) is 16.7. The van der Waals surface area contributed by atoms with Crippen molar-refractivity contribution >= 4 is 17.7 Å². The summed E-state index contributed by atoms with van der Waals surface area (Å²) < 4.78 is 13.3. The number of carbonyl (C=O) groups excluding carboxylic acids is 1. The van der Waals surface area contributed by atoms with Crippen molar-refractivity contribution in [1.29, 1.82) is 0 Å². The zero-order valence-corrected chi connectivity index (χ0v) is 19.1. The van der Waals surface area contributed by atoms with E-state index in [2.05, 4.69) is 30.5 Å². The Morgan fingerprint density at radius 1 is 0.941 bits per heavy atom. The van der Waals surface area contributed by atoms with E-state index in [1.54, 1.807) is 29.5 Å². The Bertz CT molecular complexity index is 1010. The van der Waals surface area contributed by atoms with Crippen LogP contribution in [-0.4, -0.2) is 60.2 Å². The molecule has 0 atom stereocenters. The van der Waals surface area contributed by atoms with Crippen molar-refractivity contribution in [1.82, 2.24) is 25.6 Å². The molecule has 34 heavy (non-hydrogen) atoms. The Kier molecular flexibility index (Phi) is 8.23. The molecule has 0 radical (unpaired) electrons. The van der Waals surface area contributed by atoms with Crippen molar-refractivity contribution < 1.29 is 9.18 Å². The van der Waals surface area contributed by atoms with E-state index in [9.17, 15) is 9.18 Å². The molecule has 0 saturated carbocycles. The lowest BCUT2D eigenvalue weighted by molar-refractivity contribution is 0.235. The highest BCUT2D eigenvalue weighted by Crippen LogP contribution is 2.15. The molecule has 178 valence electrons. The van der Waals surface area contributed by atoms with Gasteiger partial charge in [0.2, 0.25) is 5.95 Å². The number of urea groups is 1. The van der Waals surface area contributed by atoms with Crippen molar-refractivity contribution in [3.63, 3.8) is 0 Å². The molecule has 1 aromatic heterocycles. The minimum atomic E-state index is -0.282. The predicted molar refractivity (Wildman–Crippen MR) is 131 cm³/mol. The quantitative estimate of drug-likeness (QED) is 0.375. The van der Waals surface area contributed by atoms with E-state index in [4.69, 9.17) is 0 Å². The van der Waals surface area contributed by atoms with Gasteiger partial charge in [0.15, 0.2) is 0 Å². The number of carbonyl (C=O) groups is 1. The number of hydrogen-bond acceptors (Lipinski definition) is 6. The number of rotatable bonds is 9. The second-order valence-corrected chi connectivity index (χ2v) is 8.15. The highest BCUT2D eigenvalue weighted by Gasteiger charge is 2.18. The molecule has 2 aromatic carbocycles. The average Bonchev–Trinajstić information content (AvgIpc) is 2.89. The van der Waals surface area contributed by atoms with E-state index in [0.29, 0.717) is 13.1 Å². The van der Waals surface area contributed by atoms with Crippen LogP contribution in [0, 0.1) is 5.82 Å². The summed E-state index contributed by atoms with van der Waals surface area (Å²) in [4.78, 5) is 25.8. The minimum absolute atomic E-state index is 0.267. The van der Waals surface area contributed by atoms with Gasteiger partial charge in [0.1, 0.15) is 5.82 Å². The maximum absolute atomic E-state index is 13.3. The first kappa shape index (κ1) is 23.4. The number of benzene rings is 2. The van der Waals surface area contributed by atoms with E-state index in [1.807, 2.05) is 36.4 Å². The maximum Gasteiger partial charge on any atom is 0.333 e. The molecule has 9 heteroatoms. The summed E-state index contributed by atoms with van der Waals surface area (Å²) in [6.07, 6.45) is 4.40. The van der Waals surface area contributed by atoms with Crippen LogP contribution in [-0.2, 0) is 6.54 Å². The van der Waals surface area contributed by atoms with Gasteiger partial charge in [0.05, 0.1) is 12.2 Å². The van der Waals surface area contributed by atoms with Crippen LogP contribution in [0.1, 0.15) is 12.0 Å². The lowest BCUT2D eigenvalue weighted by atomic mass is 10.2. The molecule has 0 bridgehead atoms. The third-order valence-electron chi connectivity index (χ3n) is 5.70. The molecule has 3 aromatic rings. The van der Waals surface area contributed by atoms with Crippen LogP contribution >= 0.6 is 0 Å². The molecule has 4 rings (SSSR count). The molecule has 0 aliphatic carbocycles. The molecule has 2 amide bonds. The number of amides is 2. The average molecular weight is 464 g/mol. The van der Waals surface area contributed by atoms with Crippen LogP contribution in [0.25, 0.3) is 0 Å². The second-order valence-electron chi connectivity index (χ2n) is 8.15. The number of anilines is 2. The lowest BCUT2D eigenvalue weighted by Crippen LogP contribution is -2.49. The summed E-state index contributed by atoms with van der Waals surface area (Å²) in [7, 11) is 0. The van der Waals surface area contributed by atoms with E-state index in [0.717, 1.165) is 56.3 Å². The number of halogens is 1. The normalized spacial score (nSPS) is 14.0. The Balaban J connectivity index is 1.20. The van der Waals surface area contributed by atoms with Gasteiger partial charge in [-0.15, -0.1) is 0 Å². The van der Waals surface area contributed by atoms with E-state index >= 15 is 0 Å². The smallest absolute Gasteiger partial charge is 0.333 e. The van der Waals surface area contributed by atoms with E-state index < -0.39 is 0 Å². The van der Waals surface area contributed by atoms with E-state index in [-0.39, 0.29) is 11.8 Å². The number of para-hydroxylation sites is 1.